The quantitative estimate of drug-likeness (QED) is 0.409. The number of rotatable bonds is 4. The van der Waals surface area contributed by atoms with Gasteiger partial charge in [-0.25, -0.2) is 0 Å². The molecule has 3 aromatic carbocycles. The van der Waals surface area contributed by atoms with Crippen LogP contribution in [0.5, 0.6) is 5.75 Å². The average Bonchev–Trinajstić information content (AvgIpc) is 2.95. The summed E-state index contributed by atoms with van der Waals surface area (Å²) in [5.74, 6) is -0.350. The molecular formula is C33H37NO4. The molecule has 5 nitrogen and oxygen atoms in total. The molecule has 2 N–H and O–H groups in total. The van der Waals surface area contributed by atoms with Crippen molar-refractivity contribution >= 4 is 11.8 Å². The molecule has 38 heavy (non-hydrogen) atoms. The number of benzene rings is 3. The van der Waals surface area contributed by atoms with Gasteiger partial charge in [0.15, 0.2) is 5.78 Å². The Morgan fingerprint density at radius 3 is 2.47 bits per heavy atom. The fraction of sp³-hybridized carbons (Fsp3) is 0.394. The summed E-state index contributed by atoms with van der Waals surface area (Å²) in [5, 5.41) is 18.9. The van der Waals surface area contributed by atoms with E-state index in [1.807, 2.05) is 12.1 Å². The predicted molar refractivity (Wildman–Crippen MR) is 149 cm³/mol. The summed E-state index contributed by atoms with van der Waals surface area (Å²) >= 11 is 0. The van der Waals surface area contributed by atoms with Gasteiger partial charge in [0.05, 0.1) is 5.92 Å². The zero-order valence-corrected chi connectivity index (χ0v) is 22.3. The van der Waals surface area contributed by atoms with Crippen LogP contribution in [-0.4, -0.2) is 46.5 Å². The molecule has 2 fully saturated rings. The number of carbonyl (C=O) groups is 2. The van der Waals surface area contributed by atoms with Gasteiger partial charge in [-0.1, -0.05) is 67.4 Å². The first kappa shape index (κ1) is 26.2. The topological polar surface area (TPSA) is 77.8 Å². The van der Waals surface area contributed by atoms with Crippen molar-refractivity contribution in [3.8, 4) is 5.75 Å². The number of hydrogen-bond donors (Lipinski definition) is 2. The van der Waals surface area contributed by atoms with Gasteiger partial charge in [-0.3, -0.25) is 9.59 Å². The van der Waals surface area contributed by atoms with E-state index in [9.17, 15) is 14.7 Å². The van der Waals surface area contributed by atoms with Crippen molar-refractivity contribution in [3.05, 3.63) is 101 Å². The van der Waals surface area contributed by atoms with E-state index in [4.69, 9.17) is 5.11 Å². The first-order valence-corrected chi connectivity index (χ1v) is 13.8. The molecule has 5 heteroatoms. The highest BCUT2D eigenvalue weighted by atomic mass is 16.4. The summed E-state index contributed by atoms with van der Waals surface area (Å²) in [6.07, 6.45) is 7.93. The molecule has 2 aliphatic carbocycles. The van der Waals surface area contributed by atoms with E-state index < -0.39 is 11.9 Å². The third-order valence-corrected chi connectivity index (χ3v) is 9.15. The number of likely N-dealkylation sites (N-methyl/N-ethyl adjacent to an activating group) is 1. The van der Waals surface area contributed by atoms with Gasteiger partial charge in [-0.2, -0.15) is 0 Å². The van der Waals surface area contributed by atoms with Crippen LogP contribution < -0.4 is 0 Å². The molecule has 3 aromatic rings. The fourth-order valence-corrected chi connectivity index (χ4v) is 7.03. The first-order valence-electron chi connectivity index (χ1n) is 13.8. The number of nitrogens with zero attached hydrogens (tertiary/aromatic N) is 1. The third kappa shape index (κ3) is 4.88. The van der Waals surface area contributed by atoms with Crippen LogP contribution in [0.15, 0.2) is 72.8 Å². The second kappa shape index (κ2) is 10.7. The van der Waals surface area contributed by atoms with E-state index in [0.29, 0.717) is 27.9 Å². The van der Waals surface area contributed by atoms with Gasteiger partial charge in [0, 0.05) is 22.6 Å². The van der Waals surface area contributed by atoms with Crippen LogP contribution in [0.4, 0.5) is 0 Å². The molecule has 2 bridgehead atoms. The lowest BCUT2D eigenvalue weighted by Crippen LogP contribution is -2.59. The molecule has 1 saturated carbocycles. The lowest BCUT2D eigenvalue weighted by molar-refractivity contribution is -0.138. The number of ketones is 1. The Morgan fingerprint density at radius 2 is 1.71 bits per heavy atom. The lowest BCUT2D eigenvalue weighted by atomic mass is 9.52. The van der Waals surface area contributed by atoms with Crippen LogP contribution in [0.25, 0.3) is 0 Å². The van der Waals surface area contributed by atoms with Crippen molar-refractivity contribution < 1.29 is 19.8 Å². The Labute approximate surface area is 225 Å². The van der Waals surface area contributed by atoms with Crippen molar-refractivity contribution in [3.63, 3.8) is 0 Å². The Kier molecular flexibility index (Phi) is 7.40. The monoisotopic (exact) mass is 511 g/mol. The number of piperidine rings is 1. The SMILES string of the molecule is CC(C(=O)O)c1cccc(C(=O)c2ccccc2)c1.CN1CC[C@]23CCCC[C@H]2[C@H]1Cc1ccc(O)cc13. The number of carboxylic acid groups (broad SMARTS) is 1. The smallest absolute Gasteiger partial charge is 0.310 e. The van der Waals surface area contributed by atoms with Crippen LogP contribution in [-0.2, 0) is 16.6 Å². The Bertz CT molecular complexity index is 1320. The van der Waals surface area contributed by atoms with E-state index in [1.54, 1.807) is 55.5 Å². The van der Waals surface area contributed by atoms with Crippen molar-refractivity contribution in [1.82, 2.24) is 4.90 Å². The van der Waals surface area contributed by atoms with Crippen LogP contribution >= 0.6 is 0 Å². The van der Waals surface area contributed by atoms with Gasteiger partial charge >= 0.3 is 5.97 Å². The molecule has 1 unspecified atom stereocenters. The maximum Gasteiger partial charge on any atom is 0.310 e. The number of carboxylic acids is 1. The molecule has 1 aliphatic heterocycles. The number of phenolic OH excluding ortho intramolecular Hbond substituents is 1. The minimum absolute atomic E-state index is 0.0972. The summed E-state index contributed by atoms with van der Waals surface area (Å²) in [4.78, 5) is 25.8. The highest BCUT2D eigenvalue weighted by Gasteiger charge is 2.53. The summed E-state index contributed by atoms with van der Waals surface area (Å²) in [5.41, 5.74) is 5.10. The van der Waals surface area contributed by atoms with E-state index in [-0.39, 0.29) is 5.78 Å². The minimum Gasteiger partial charge on any atom is -0.508 e. The van der Waals surface area contributed by atoms with E-state index >= 15 is 0 Å². The molecule has 198 valence electrons. The number of phenols is 1. The largest absolute Gasteiger partial charge is 0.508 e. The van der Waals surface area contributed by atoms with Crippen LogP contribution in [0.2, 0.25) is 0 Å². The molecule has 0 aromatic heterocycles. The summed E-state index contributed by atoms with van der Waals surface area (Å²) in [6, 6.07) is 22.6. The average molecular weight is 512 g/mol. The van der Waals surface area contributed by atoms with Crippen molar-refractivity contribution in [2.24, 2.45) is 5.92 Å². The second-order valence-corrected chi connectivity index (χ2v) is 11.2. The standard InChI is InChI=1S/C17H23NO.C16H14O3/c1-18-9-8-17-7-3-2-4-14(17)16(18)10-12-5-6-13(19)11-15(12)17;1-11(16(18)19)13-8-5-9-14(10-13)15(17)12-6-3-2-4-7-12/h5-6,11,14,16,19H,2-4,7-10H2,1H3;2-11H,1H3,(H,18,19)/t14-,16+,17+;/m0./s1. The van der Waals surface area contributed by atoms with Crippen molar-refractivity contribution in [1.29, 1.82) is 0 Å². The van der Waals surface area contributed by atoms with Crippen LogP contribution in [0.1, 0.15) is 77.6 Å². The molecule has 0 spiro atoms. The number of carbonyl (C=O) groups excluding carboxylic acids is 1. The van der Waals surface area contributed by atoms with Gasteiger partial charge in [0.25, 0.3) is 0 Å². The van der Waals surface area contributed by atoms with Crippen LogP contribution in [0.3, 0.4) is 0 Å². The van der Waals surface area contributed by atoms with Crippen LogP contribution in [0, 0.1) is 5.92 Å². The van der Waals surface area contributed by atoms with Gasteiger partial charge in [-0.05, 0) is 87.0 Å². The number of fused-ring (bicyclic) bond motifs is 1. The number of aliphatic carboxylic acids is 1. The van der Waals surface area contributed by atoms with Gasteiger partial charge < -0.3 is 15.1 Å². The fourth-order valence-electron chi connectivity index (χ4n) is 7.03. The lowest BCUT2D eigenvalue weighted by Gasteiger charge is -2.58. The number of hydrogen-bond acceptors (Lipinski definition) is 4. The molecule has 1 heterocycles. The normalized spacial score (nSPS) is 24.7. The van der Waals surface area contributed by atoms with Gasteiger partial charge in [0.2, 0.25) is 0 Å². The zero-order chi connectivity index (χ0) is 26.9. The second-order valence-electron chi connectivity index (χ2n) is 11.2. The Hall–Kier alpha value is -3.44. The number of aromatic hydroxyl groups is 1. The summed E-state index contributed by atoms with van der Waals surface area (Å²) in [6.45, 7) is 2.82. The van der Waals surface area contributed by atoms with Crippen molar-refractivity contribution in [2.45, 2.75) is 62.8 Å². The highest BCUT2D eigenvalue weighted by molar-refractivity contribution is 6.09. The maximum atomic E-state index is 12.2. The first-order chi connectivity index (χ1) is 18.3. The Balaban J connectivity index is 0.000000155. The van der Waals surface area contributed by atoms with Gasteiger partial charge in [-0.15, -0.1) is 0 Å². The molecular weight excluding hydrogens is 474 g/mol. The third-order valence-electron chi connectivity index (χ3n) is 9.15. The summed E-state index contributed by atoms with van der Waals surface area (Å²) < 4.78 is 0. The maximum absolute atomic E-state index is 12.2. The molecule has 4 atom stereocenters. The Morgan fingerprint density at radius 1 is 0.947 bits per heavy atom. The molecule has 1 saturated heterocycles. The van der Waals surface area contributed by atoms with Gasteiger partial charge in [0.1, 0.15) is 5.75 Å². The molecule has 0 radical (unpaired) electrons. The molecule has 6 rings (SSSR count). The van der Waals surface area contributed by atoms with E-state index in [0.717, 1.165) is 12.0 Å². The molecule has 0 amide bonds. The van der Waals surface area contributed by atoms with E-state index in [1.165, 1.54) is 56.2 Å². The van der Waals surface area contributed by atoms with E-state index in [2.05, 4.69) is 24.1 Å². The minimum atomic E-state index is -0.899. The number of likely N-dealkylation sites (tertiary alicyclic amines) is 1. The summed E-state index contributed by atoms with van der Waals surface area (Å²) in [7, 11) is 2.30. The zero-order valence-electron chi connectivity index (χ0n) is 22.3. The predicted octanol–water partition coefficient (Wildman–Crippen LogP) is 6.19. The molecule has 3 aliphatic rings. The highest BCUT2D eigenvalue weighted by Crippen LogP contribution is 2.55. The van der Waals surface area contributed by atoms with Crippen molar-refractivity contribution in [2.75, 3.05) is 13.6 Å².